The number of fused-ring (bicyclic) bond motifs is 3. The van der Waals surface area contributed by atoms with E-state index < -0.39 is 0 Å². The molecule has 1 amide bonds. The largest absolute Gasteiger partial charge is 0.496 e. The number of carbonyl (C=O) groups excluding carboxylic acids is 1. The number of aliphatic imine (C=N–C) groups is 1. The summed E-state index contributed by atoms with van der Waals surface area (Å²) in [6.07, 6.45) is 2.77. The van der Waals surface area contributed by atoms with Gasteiger partial charge in [0, 0.05) is 38.9 Å². The second-order valence-corrected chi connectivity index (χ2v) is 9.28. The summed E-state index contributed by atoms with van der Waals surface area (Å²) in [5.41, 5.74) is 1.66. The molecule has 1 saturated heterocycles. The summed E-state index contributed by atoms with van der Waals surface area (Å²) < 4.78 is 13.8. The highest BCUT2D eigenvalue weighted by molar-refractivity contribution is 9.10. The van der Waals surface area contributed by atoms with Crippen LogP contribution in [0, 0.1) is 0 Å². The van der Waals surface area contributed by atoms with Gasteiger partial charge in [-0.05, 0) is 59.8 Å². The third-order valence-electron chi connectivity index (χ3n) is 6.36. The van der Waals surface area contributed by atoms with Crippen LogP contribution in [0.25, 0.3) is 0 Å². The Morgan fingerprint density at radius 3 is 2.85 bits per heavy atom. The number of carbonyl (C=O) groups is 1. The number of aromatic nitrogens is 2. The van der Waals surface area contributed by atoms with Crippen LogP contribution in [0.1, 0.15) is 42.2 Å². The molecule has 0 unspecified atom stereocenters. The van der Waals surface area contributed by atoms with Crippen molar-refractivity contribution in [1.82, 2.24) is 14.5 Å². The molecule has 1 aromatic carbocycles. The third kappa shape index (κ3) is 4.10. The zero-order chi connectivity index (χ0) is 22.9. The van der Waals surface area contributed by atoms with E-state index in [1.54, 1.807) is 12.0 Å². The van der Waals surface area contributed by atoms with E-state index in [1.807, 2.05) is 29.7 Å². The number of hydrogen-bond donors (Lipinski definition) is 1. The second-order valence-electron chi connectivity index (χ2n) is 8.43. The average molecular weight is 517 g/mol. The Morgan fingerprint density at radius 1 is 1.30 bits per heavy atom. The lowest BCUT2D eigenvalue weighted by Crippen LogP contribution is -2.54. The lowest BCUT2D eigenvalue weighted by molar-refractivity contribution is 0.0833. The van der Waals surface area contributed by atoms with Gasteiger partial charge in [-0.15, -0.1) is 0 Å². The van der Waals surface area contributed by atoms with Gasteiger partial charge in [-0.2, -0.15) is 4.98 Å². The standard InChI is InChI=1S/C23H29BrN6O3/c1-3-28-21(31)19-20(29-10-4-9-25-23(28)29)27-22(26-16-7-11-33-12-8-16)30(19)14-15-5-6-18(32-2)17(24)13-15/h5-6,13,16H,3-4,7-12,14H2,1-2H3,(H,26,27). The van der Waals surface area contributed by atoms with E-state index in [2.05, 4.69) is 31.1 Å². The van der Waals surface area contributed by atoms with Gasteiger partial charge in [0.25, 0.3) is 5.91 Å². The number of nitrogens with one attached hydrogen (secondary N) is 1. The molecule has 2 aromatic rings. The Kier molecular flexibility index (Phi) is 6.29. The van der Waals surface area contributed by atoms with Crippen molar-refractivity contribution in [2.24, 2.45) is 4.99 Å². The molecule has 0 saturated carbocycles. The van der Waals surface area contributed by atoms with Gasteiger partial charge in [0.05, 0.1) is 18.1 Å². The summed E-state index contributed by atoms with van der Waals surface area (Å²) in [7, 11) is 1.65. The Morgan fingerprint density at radius 2 is 2.12 bits per heavy atom. The van der Waals surface area contributed by atoms with E-state index in [1.165, 1.54) is 0 Å². The van der Waals surface area contributed by atoms with Crippen molar-refractivity contribution in [2.75, 3.05) is 50.2 Å². The fraction of sp³-hybridized carbons (Fsp3) is 0.522. The van der Waals surface area contributed by atoms with Crippen LogP contribution in [-0.4, -0.2) is 72.3 Å². The number of hydrogen-bond acceptors (Lipinski definition) is 7. The summed E-state index contributed by atoms with van der Waals surface area (Å²) in [6.45, 7) is 6.07. The molecule has 33 heavy (non-hydrogen) atoms. The van der Waals surface area contributed by atoms with Crippen LogP contribution in [0.3, 0.4) is 0 Å². The molecule has 176 valence electrons. The highest BCUT2D eigenvalue weighted by Gasteiger charge is 2.40. The highest BCUT2D eigenvalue weighted by atomic mass is 79.9. The lowest BCUT2D eigenvalue weighted by Gasteiger charge is -2.38. The van der Waals surface area contributed by atoms with Gasteiger partial charge < -0.3 is 14.8 Å². The molecule has 9 nitrogen and oxygen atoms in total. The molecule has 10 heteroatoms. The fourth-order valence-corrected chi connectivity index (χ4v) is 5.24. The molecule has 4 heterocycles. The molecular formula is C23H29BrN6O3. The minimum absolute atomic E-state index is 0.0514. The number of ether oxygens (including phenoxy) is 2. The molecule has 0 radical (unpaired) electrons. The smallest absolute Gasteiger partial charge is 0.281 e. The number of amides is 1. The monoisotopic (exact) mass is 516 g/mol. The molecule has 3 aliphatic heterocycles. The van der Waals surface area contributed by atoms with Crippen LogP contribution in [-0.2, 0) is 11.3 Å². The summed E-state index contributed by atoms with van der Waals surface area (Å²) in [5, 5.41) is 3.61. The Balaban J connectivity index is 1.59. The molecule has 0 spiro atoms. The molecule has 3 aliphatic rings. The van der Waals surface area contributed by atoms with E-state index in [0.29, 0.717) is 24.6 Å². The third-order valence-corrected chi connectivity index (χ3v) is 6.98. The number of anilines is 2. The van der Waals surface area contributed by atoms with Gasteiger partial charge in [0.15, 0.2) is 11.5 Å². The maximum absolute atomic E-state index is 13.7. The maximum atomic E-state index is 13.7. The fourth-order valence-electron chi connectivity index (χ4n) is 4.65. The van der Waals surface area contributed by atoms with Crippen molar-refractivity contribution >= 4 is 39.6 Å². The normalized spacial score (nSPS) is 18.6. The summed E-state index contributed by atoms with van der Waals surface area (Å²) in [4.78, 5) is 27.2. The van der Waals surface area contributed by atoms with Crippen molar-refractivity contribution in [1.29, 1.82) is 0 Å². The summed E-state index contributed by atoms with van der Waals surface area (Å²) in [5.74, 6) is 2.86. The molecule has 5 rings (SSSR count). The van der Waals surface area contributed by atoms with Crippen molar-refractivity contribution < 1.29 is 14.3 Å². The number of nitrogens with zero attached hydrogens (tertiary/aromatic N) is 5. The first-order valence-electron chi connectivity index (χ1n) is 11.5. The van der Waals surface area contributed by atoms with Crippen LogP contribution >= 0.6 is 15.9 Å². The minimum atomic E-state index is -0.0514. The Hall–Kier alpha value is -2.59. The zero-order valence-electron chi connectivity index (χ0n) is 19.0. The molecule has 0 atom stereocenters. The lowest BCUT2D eigenvalue weighted by atomic mass is 10.1. The molecule has 0 bridgehead atoms. The van der Waals surface area contributed by atoms with Gasteiger partial charge in [0.2, 0.25) is 11.9 Å². The molecule has 1 aromatic heterocycles. The topological polar surface area (TPSA) is 84.2 Å². The van der Waals surface area contributed by atoms with Gasteiger partial charge in [0.1, 0.15) is 5.75 Å². The molecular weight excluding hydrogens is 488 g/mol. The Bertz CT molecular complexity index is 1080. The van der Waals surface area contributed by atoms with Crippen molar-refractivity contribution in [3.05, 3.63) is 33.9 Å². The first kappa shape index (κ1) is 22.2. The average Bonchev–Trinajstić information content (AvgIpc) is 3.18. The van der Waals surface area contributed by atoms with Gasteiger partial charge in [-0.1, -0.05) is 6.07 Å². The quantitative estimate of drug-likeness (QED) is 0.633. The second kappa shape index (κ2) is 9.34. The van der Waals surface area contributed by atoms with Crippen molar-refractivity contribution in [3.8, 4) is 5.75 Å². The van der Waals surface area contributed by atoms with E-state index in [-0.39, 0.29) is 11.9 Å². The first-order valence-corrected chi connectivity index (χ1v) is 12.3. The van der Waals surface area contributed by atoms with Crippen molar-refractivity contribution in [3.63, 3.8) is 0 Å². The number of imidazole rings is 1. The summed E-state index contributed by atoms with van der Waals surface area (Å²) in [6, 6.07) is 6.25. The van der Waals surface area contributed by atoms with Crippen LogP contribution in [0.15, 0.2) is 27.7 Å². The number of halogens is 1. The summed E-state index contributed by atoms with van der Waals surface area (Å²) >= 11 is 3.58. The predicted molar refractivity (Wildman–Crippen MR) is 130 cm³/mol. The van der Waals surface area contributed by atoms with Crippen LogP contribution in [0.4, 0.5) is 11.8 Å². The predicted octanol–water partition coefficient (Wildman–Crippen LogP) is 3.34. The van der Waals surface area contributed by atoms with E-state index in [4.69, 9.17) is 14.5 Å². The molecule has 1 fully saturated rings. The SMILES string of the molecule is CCN1C(=O)c2c(nc(NC3CCOCC3)n2Cc2ccc(OC)c(Br)c2)N2CCCN=C12. The van der Waals surface area contributed by atoms with Gasteiger partial charge in [-0.3, -0.25) is 24.2 Å². The van der Waals surface area contributed by atoms with Gasteiger partial charge >= 0.3 is 0 Å². The van der Waals surface area contributed by atoms with Crippen LogP contribution < -0.4 is 15.0 Å². The Labute approximate surface area is 201 Å². The maximum Gasteiger partial charge on any atom is 0.281 e. The first-order chi connectivity index (χ1) is 16.1. The van der Waals surface area contributed by atoms with Crippen molar-refractivity contribution in [2.45, 2.75) is 38.8 Å². The zero-order valence-corrected chi connectivity index (χ0v) is 20.6. The number of benzene rings is 1. The van der Waals surface area contributed by atoms with E-state index in [9.17, 15) is 4.79 Å². The van der Waals surface area contributed by atoms with Crippen LogP contribution in [0.5, 0.6) is 5.75 Å². The highest BCUT2D eigenvalue weighted by Crippen LogP contribution is 2.34. The minimum Gasteiger partial charge on any atom is -0.496 e. The van der Waals surface area contributed by atoms with Crippen LogP contribution in [0.2, 0.25) is 0 Å². The van der Waals surface area contributed by atoms with E-state index >= 15 is 0 Å². The molecule has 1 N–H and O–H groups in total. The van der Waals surface area contributed by atoms with E-state index in [0.717, 1.165) is 73.3 Å². The number of guanidine groups is 1. The number of methoxy groups -OCH3 is 1. The van der Waals surface area contributed by atoms with Gasteiger partial charge in [-0.25, -0.2) is 0 Å². The number of rotatable bonds is 6. The molecule has 0 aliphatic carbocycles.